The molecule has 1 heterocycles. The van der Waals surface area contributed by atoms with Crippen LogP contribution in [0, 0.1) is 42.7 Å². The van der Waals surface area contributed by atoms with Gasteiger partial charge in [0, 0.05) is 17.7 Å². The first-order chi connectivity index (χ1) is 19.9. The van der Waals surface area contributed by atoms with Crippen LogP contribution in [0.15, 0.2) is 24.3 Å². The van der Waals surface area contributed by atoms with Gasteiger partial charge in [-0.1, -0.05) is 72.1 Å². The van der Waals surface area contributed by atoms with Crippen molar-refractivity contribution in [2.45, 2.75) is 131 Å². The Bertz CT molecular complexity index is 1210. The normalized spacial score (nSPS) is 17.6. The molecular weight excluding hydrogens is 530 g/mol. The molecule has 0 saturated carbocycles. The minimum absolute atomic E-state index is 0.0765. The van der Waals surface area contributed by atoms with Crippen LogP contribution >= 0.6 is 0 Å². The highest BCUT2D eigenvalue weighted by Crippen LogP contribution is 2.45. The lowest BCUT2D eigenvalue weighted by Gasteiger charge is -2.38. The number of nitro benzene ring substituents is 1. The zero-order valence-electron chi connectivity index (χ0n) is 26.8. The van der Waals surface area contributed by atoms with Gasteiger partial charge in [-0.2, -0.15) is 0 Å². The van der Waals surface area contributed by atoms with Crippen LogP contribution in [0.5, 0.6) is 17.2 Å². The summed E-state index contributed by atoms with van der Waals surface area (Å²) >= 11 is 0. The van der Waals surface area contributed by atoms with Crippen LogP contribution in [0.25, 0.3) is 0 Å². The van der Waals surface area contributed by atoms with E-state index in [1.54, 1.807) is 0 Å². The summed E-state index contributed by atoms with van der Waals surface area (Å²) < 4.78 is 17.7. The fourth-order valence-electron chi connectivity index (χ4n) is 6.12. The summed E-state index contributed by atoms with van der Waals surface area (Å²) in [6, 6.07) is 5.33. The van der Waals surface area contributed by atoms with Gasteiger partial charge in [0.05, 0.1) is 4.92 Å². The highest BCUT2D eigenvalue weighted by atomic mass is 16.7. The van der Waals surface area contributed by atoms with Gasteiger partial charge in [-0.15, -0.1) is 0 Å². The number of fused-ring (bicyclic) bond motifs is 1. The number of hydrogen-bond donors (Lipinski definition) is 0. The van der Waals surface area contributed by atoms with Crippen LogP contribution in [-0.2, 0) is 6.42 Å². The molecule has 232 valence electrons. The van der Waals surface area contributed by atoms with E-state index in [1.807, 2.05) is 20.8 Å². The monoisotopic (exact) mass is 581 g/mol. The van der Waals surface area contributed by atoms with E-state index in [-0.39, 0.29) is 17.0 Å². The van der Waals surface area contributed by atoms with E-state index in [0.717, 1.165) is 65.5 Å². The first-order valence-corrected chi connectivity index (χ1v) is 15.9. The van der Waals surface area contributed by atoms with Crippen LogP contribution in [0.1, 0.15) is 121 Å². The molecule has 3 rings (SSSR count). The molecule has 1 aliphatic heterocycles. The Hall–Kier alpha value is -3.09. The third-order valence-corrected chi connectivity index (χ3v) is 9.09. The zero-order valence-corrected chi connectivity index (χ0v) is 26.8. The number of rotatable bonds is 15. The standard InChI is InChI=1S/C35H51NO6/c1-8-9-10-13-24(2)14-11-15-25(3)16-12-22-35(7)23-21-31-28(6)32(26(4)27(5)33(31)42-35)41-34(37)40-30-19-17-29(18-20-30)36(38)39/h17-20,24-25H,8-16,21-23H2,1-7H3. The van der Waals surface area contributed by atoms with Gasteiger partial charge in [0.15, 0.2) is 0 Å². The Kier molecular flexibility index (Phi) is 12.3. The lowest BCUT2D eigenvalue weighted by molar-refractivity contribution is -0.384. The molecule has 0 aliphatic carbocycles. The molecule has 0 bridgehead atoms. The number of carbonyl (C=O) groups excluding carboxylic acids is 1. The Balaban J connectivity index is 1.54. The van der Waals surface area contributed by atoms with Crippen molar-refractivity contribution in [3.05, 3.63) is 56.6 Å². The molecule has 2 aromatic rings. The smallest absolute Gasteiger partial charge is 0.487 e. The second kappa shape index (κ2) is 15.4. The lowest BCUT2D eigenvalue weighted by atomic mass is 9.83. The number of nitrogens with zero attached hydrogens (tertiary/aromatic N) is 1. The Morgan fingerprint density at radius 3 is 2.17 bits per heavy atom. The highest BCUT2D eigenvalue weighted by molar-refractivity contribution is 5.70. The van der Waals surface area contributed by atoms with Crippen LogP contribution < -0.4 is 14.2 Å². The molecule has 0 aromatic heterocycles. The maximum atomic E-state index is 12.6. The van der Waals surface area contributed by atoms with Gasteiger partial charge in [-0.3, -0.25) is 10.1 Å². The van der Waals surface area contributed by atoms with Crippen molar-refractivity contribution >= 4 is 11.8 Å². The van der Waals surface area contributed by atoms with Crippen molar-refractivity contribution in [1.82, 2.24) is 0 Å². The SMILES string of the molecule is CCCCCC(C)CCCC(C)CCCC1(C)CCc2c(C)c(OC(=O)Oc3ccc([N+](=O)[O-])cc3)c(C)c(C)c2O1. The number of benzene rings is 2. The Morgan fingerprint density at radius 2 is 1.55 bits per heavy atom. The number of nitro groups is 1. The number of carbonyl (C=O) groups is 1. The van der Waals surface area contributed by atoms with Gasteiger partial charge in [0.1, 0.15) is 22.8 Å². The third kappa shape index (κ3) is 9.20. The van der Waals surface area contributed by atoms with E-state index in [9.17, 15) is 14.9 Å². The maximum absolute atomic E-state index is 12.6. The molecular formula is C35H51NO6. The molecule has 3 atom stereocenters. The third-order valence-electron chi connectivity index (χ3n) is 9.09. The summed E-state index contributed by atoms with van der Waals surface area (Å²) in [6.07, 6.45) is 13.7. The quantitative estimate of drug-likeness (QED) is 0.0683. The minimum atomic E-state index is -0.879. The van der Waals surface area contributed by atoms with Crippen molar-refractivity contribution < 1.29 is 23.9 Å². The molecule has 0 amide bonds. The first-order valence-electron chi connectivity index (χ1n) is 15.9. The minimum Gasteiger partial charge on any atom is -0.487 e. The first kappa shape index (κ1) is 33.4. The van der Waals surface area contributed by atoms with Crippen LogP contribution in [0.3, 0.4) is 0 Å². The number of unbranched alkanes of at least 4 members (excludes halogenated alkanes) is 2. The summed E-state index contributed by atoms with van der Waals surface area (Å²) in [5, 5.41) is 10.9. The van der Waals surface area contributed by atoms with Gasteiger partial charge in [0.25, 0.3) is 5.69 Å². The highest BCUT2D eigenvalue weighted by Gasteiger charge is 2.35. The van der Waals surface area contributed by atoms with E-state index in [4.69, 9.17) is 14.2 Å². The van der Waals surface area contributed by atoms with E-state index in [1.165, 1.54) is 75.6 Å². The van der Waals surface area contributed by atoms with E-state index in [0.29, 0.717) is 5.75 Å². The predicted molar refractivity (Wildman–Crippen MR) is 168 cm³/mol. The zero-order chi connectivity index (χ0) is 30.9. The largest absolute Gasteiger partial charge is 0.519 e. The summed E-state index contributed by atoms with van der Waals surface area (Å²) in [5.74, 6) is 3.17. The van der Waals surface area contributed by atoms with Crippen LogP contribution in [-0.4, -0.2) is 16.7 Å². The lowest BCUT2D eigenvalue weighted by Crippen LogP contribution is -2.37. The summed E-state index contributed by atoms with van der Waals surface area (Å²) in [6.45, 7) is 15.2. The molecule has 42 heavy (non-hydrogen) atoms. The molecule has 3 unspecified atom stereocenters. The van der Waals surface area contributed by atoms with E-state index >= 15 is 0 Å². The second-order valence-corrected chi connectivity index (χ2v) is 12.8. The van der Waals surface area contributed by atoms with Crippen molar-refractivity contribution in [3.8, 4) is 17.2 Å². The number of ether oxygens (including phenoxy) is 3. The van der Waals surface area contributed by atoms with Gasteiger partial charge in [0.2, 0.25) is 0 Å². The van der Waals surface area contributed by atoms with Crippen molar-refractivity contribution in [1.29, 1.82) is 0 Å². The van der Waals surface area contributed by atoms with Gasteiger partial charge in [-0.25, -0.2) is 4.79 Å². The average Bonchev–Trinajstić information content (AvgIpc) is 2.94. The molecule has 1 aliphatic rings. The maximum Gasteiger partial charge on any atom is 0.519 e. The summed E-state index contributed by atoms with van der Waals surface area (Å²) in [7, 11) is 0. The predicted octanol–water partition coefficient (Wildman–Crippen LogP) is 10.4. The topological polar surface area (TPSA) is 87.9 Å². The molecule has 7 heteroatoms. The average molecular weight is 582 g/mol. The van der Waals surface area contributed by atoms with Crippen LogP contribution in [0.4, 0.5) is 10.5 Å². The molecule has 0 saturated heterocycles. The Labute approximate surface area is 252 Å². The van der Waals surface area contributed by atoms with Crippen molar-refractivity contribution in [2.24, 2.45) is 11.8 Å². The van der Waals surface area contributed by atoms with E-state index in [2.05, 4.69) is 27.7 Å². The number of hydrogen-bond acceptors (Lipinski definition) is 6. The van der Waals surface area contributed by atoms with Gasteiger partial charge < -0.3 is 14.2 Å². The van der Waals surface area contributed by atoms with E-state index < -0.39 is 11.1 Å². The molecule has 0 spiro atoms. The van der Waals surface area contributed by atoms with Gasteiger partial charge in [-0.05, 0) is 94.0 Å². The summed E-state index contributed by atoms with van der Waals surface area (Å²) in [5.41, 5.74) is 3.49. The second-order valence-electron chi connectivity index (χ2n) is 12.8. The summed E-state index contributed by atoms with van der Waals surface area (Å²) in [4.78, 5) is 23.0. The van der Waals surface area contributed by atoms with Gasteiger partial charge >= 0.3 is 6.16 Å². The number of non-ortho nitro benzene ring substituents is 1. The molecule has 0 N–H and O–H groups in total. The van der Waals surface area contributed by atoms with Crippen molar-refractivity contribution in [3.63, 3.8) is 0 Å². The Morgan fingerprint density at radius 1 is 0.929 bits per heavy atom. The fourth-order valence-corrected chi connectivity index (χ4v) is 6.12. The van der Waals surface area contributed by atoms with Crippen molar-refractivity contribution in [2.75, 3.05) is 0 Å². The molecule has 2 aromatic carbocycles. The molecule has 7 nitrogen and oxygen atoms in total. The molecule has 0 fully saturated rings. The molecule has 0 radical (unpaired) electrons. The fraction of sp³-hybridized carbons (Fsp3) is 0.629. The van der Waals surface area contributed by atoms with Crippen LogP contribution in [0.2, 0.25) is 0 Å².